The molecule has 1 aliphatic rings. The van der Waals surface area contributed by atoms with E-state index in [4.69, 9.17) is 0 Å². The molecule has 1 aromatic heterocycles. The average Bonchev–Trinajstić information content (AvgIpc) is 2.68. The van der Waals surface area contributed by atoms with E-state index in [0.717, 1.165) is 18.8 Å². The van der Waals surface area contributed by atoms with Crippen molar-refractivity contribution < 1.29 is 13.2 Å². The van der Waals surface area contributed by atoms with Crippen LogP contribution in [0.1, 0.15) is 17.3 Å². The van der Waals surface area contributed by atoms with Crippen molar-refractivity contribution in [2.24, 2.45) is 0 Å². The first-order valence-corrected chi connectivity index (χ1v) is 10.0. The van der Waals surface area contributed by atoms with Crippen molar-refractivity contribution in [1.82, 2.24) is 14.6 Å². The summed E-state index contributed by atoms with van der Waals surface area (Å²) >= 11 is 0. The Morgan fingerprint density at radius 3 is 2.23 bits per heavy atom. The van der Waals surface area contributed by atoms with Gasteiger partial charge in [0.25, 0.3) is 5.91 Å². The van der Waals surface area contributed by atoms with Crippen molar-refractivity contribution in [3.05, 3.63) is 54.4 Å². The van der Waals surface area contributed by atoms with Gasteiger partial charge in [-0.15, -0.1) is 0 Å². The van der Waals surface area contributed by atoms with Crippen molar-refractivity contribution in [3.63, 3.8) is 0 Å². The second-order valence-electron chi connectivity index (χ2n) is 6.01. The molecule has 1 aliphatic heterocycles. The average molecular weight is 374 g/mol. The second-order valence-corrected chi connectivity index (χ2v) is 7.78. The van der Waals surface area contributed by atoms with Gasteiger partial charge in [0.1, 0.15) is 0 Å². The van der Waals surface area contributed by atoms with E-state index in [0.29, 0.717) is 25.2 Å². The van der Waals surface area contributed by atoms with Crippen molar-refractivity contribution in [2.45, 2.75) is 11.8 Å². The van der Waals surface area contributed by atoms with E-state index < -0.39 is 10.0 Å². The maximum Gasteiger partial charge on any atom is 0.253 e. The van der Waals surface area contributed by atoms with Crippen LogP contribution in [0.4, 0.5) is 5.69 Å². The maximum absolute atomic E-state index is 12.7. The lowest BCUT2D eigenvalue weighted by Gasteiger charge is -2.36. The third-order valence-corrected chi connectivity index (χ3v) is 5.90. The molecule has 1 aromatic carbocycles. The summed E-state index contributed by atoms with van der Waals surface area (Å²) in [5.41, 5.74) is 1.60. The zero-order chi connectivity index (χ0) is 18.6. The molecule has 3 rings (SSSR count). The normalized spacial score (nSPS) is 15.1. The van der Waals surface area contributed by atoms with Crippen LogP contribution in [0, 0.1) is 0 Å². The minimum absolute atomic E-state index is 0.0771. The Labute approximate surface area is 153 Å². The molecule has 0 saturated carbocycles. The summed E-state index contributed by atoms with van der Waals surface area (Å²) in [5, 5.41) is 0. The van der Waals surface area contributed by atoms with Gasteiger partial charge < -0.3 is 9.80 Å². The van der Waals surface area contributed by atoms with Crippen LogP contribution < -0.4 is 9.62 Å². The molecule has 0 aliphatic carbocycles. The van der Waals surface area contributed by atoms with Crippen molar-refractivity contribution >= 4 is 21.6 Å². The van der Waals surface area contributed by atoms with Gasteiger partial charge in [0.15, 0.2) is 0 Å². The molecule has 0 spiro atoms. The quantitative estimate of drug-likeness (QED) is 0.854. The third-order valence-electron chi connectivity index (χ3n) is 4.34. The van der Waals surface area contributed by atoms with E-state index in [1.54, 1.807) is 36.4 Å². The highest BCUT2D eigenvalue weighted by molar-refractivity contribution is 7.89. The maximum atomic E-state index is 12.7. The fourth-order valence-corrected chi connectivity index (χ4v) is 4.00. The standard InChI is InChI=1S/C18H22N4O3S/c1-2-20-26(24,25)17-5-3-15(4-6-17)18(23)22-13-11-21(12-14-22)16-7-9-19-10-8-16/h3-10,20H,2,11-14H2,1H3. The summed E-state index contributed by atoms with van der Waals surface area (Å²) in [6.07, 6.45) is 3.52. The highest BCUT2D eigenvalue weighted by atomic mass is 32.2. The van der Waals surface area contributed by atoms with Gasteiger partial charge in [0.2, 0.25) is 10.0 Å². The van der Waals surface area contributed by atoms with Gasteiger partial charge in [-0.05, 0) is 36.4 Å². The molecule has 1 N–H and O–H groups in total. The Balaban J connectivity index is 1.64. The first-order chi connectivity index (χ1) is 12.5. The summed E-state index contributed by atoms with van der Waals surface area (Å²) in [6, 6.07) is 10.0. The number of aromatic nitrogens is 1. The van der Waals surface area contributed by atoms with Gasteiger partial charge in [-0.1, -0.05) is 6.92 Å². The van der Waals surface area contributed by atoms with Crippen LogP contribution in [0.2, 0.25) is 0 Å². The number of sulfonamides is 1. The monoisotopic (exact) mass is 374 g/mol. The molecule has 1 saturated heterocycles. The lowest BCUT2D eigenvalue weighted by atomic mass is 10.2. The number of carbonyl (C=O) groups is 1. The van der Waals surface area contributed by atoms with Gasteiger partial charge >= 0.3 is 0 Å². The molecule has 2 aromatic rings. The first-order valence-electron chi connectivity index (χ1n) is 8.55. The third kappa shape index (κ3) is 4.03. The number of rotatable bonds is 5. The Morgan fingerprint density at radius 1 is 1.04 bits per heavy atom. The molecular weight excluding hydrogens is 352 g/mol. The molecule has 26 heavy (non-hydrogen) atoms. The number of nitrogens with zero attached hydrogens (tertiary/aromatic N) is 3. The Kier molecular flexibility index (Phi) is 5.53. The first kappa shape index (κ1) is 18.3. The van der Waals surface area contributed by atoms with E-state index in [9.17, 15) is 13.2 Å². The summed E-state index contributed by atoms with van der Waals surface area (Å²) in [4.78, 5) is 20.9. The smallest absolute Gasteiger partial charge is 0.253 e. The predicted octanol–water partition coefficient (Wildman–Crippen LogP) is 1.34. The van der Waals surface area contributed by atoms with Gasteiger partial charge in [0, 0.05) is 56.4 Å². The highest BCUT2D eigenvalue weighted by Gasteiger charge is 2.23. The summed E-state index contributed by atoms with van der Waals surface area (Å²) < 4.78 is 26.4. The summed E-state index contributed by atoms with van der Waals surface area (Å²) in [7, 11) is -3.50. The summed E-state index contributed by atoms with van der Waals surface area (Å²) in [6.45, 7) is 4.80. The van der Waals surface area contributed by atoms with Gasteiger partial charge in [-0.25, -0.2) is 13.1 Å². The molecule has 0 unspecified atom stereocenters. The molecule has 138 valence electrons. The van der Waals surface area contributed by atoms with Crippen molar-refractivity contribution in [2.75, 3.05) is 37.6 Å². The van der Waals surface area contributed by atoms with Crippen LogP contribution in [0.25, 0.3) is 0 Å². The lowest BCUT2D eigenvalue weighted by Crippen LogP contribution is -2.48. The number of piperazine rings is 1. The second kappa shape index (κ2) is 7.84. The predicted molar refractivity (Wildman–Crippen MR) is 99.7 cm³/mol. The Hall–Kier alpha value is -2.45. The van der Waals surface area contributed by atoms with Crippen LogP contribution in [0.5, 0.6) is 0 Å². The number of hydrogen-bond donors (Lipinski definition) is 1. The number of pyridine rings is 1. The van der Waals surface area contributed by atoms with Gasteiger partial charge in [-0.2, -0.15) is 0 Å². The number of amides is 1. The molecule has 0 atom stereocenters. The number of hydrogen-bond acceptors (Lipinski definition) is 5. The lowest BCUT2D eigenvalue weighted by molar-refractivity contribution is 0.0746. The van der Waals surface area contributed by atoms with Gasteiger partial charge in [0.05, 0.1) is 4.90 Å². The molecule has 0 bridgehead atoms. The van der Waals surface area contributed by atoms with Crippen molar-refractivity contribution in [1.29, 1.82) is 0 Å². The minimum atomic E-state index is -3.50. The fraction of sp³-hybridized carbons (Fsp3) is 0.333. The Bertz CT molecular complexity index is 846. The molecule has 1 fully saturated rings. The molecular formula is C18H22N4O3S. The summed E-state index contributed by atoms with van der Waals surface area (Å²) in [5.74, 6) is -0.0771. The topological polar surface area (TPSA) is 82.6 Å². The van der Waals surface area contributed by atoms with Crippen LogP contribution in [-0.2, 0) is 10.0 Å². The highest BCUT2D eigenvalue weighted by Crippen LogP contribution is 2.17. The fourth-order valence-electron chi connectivity index (χ4n) is 2.96. The number of nitrogens with one attached hydrogen (secondary N) is 1. The Morgan fingerprint density at radius 2 is 1.65 bits per heavy atom. The number of anilines is 1. The van der Waals surface area contributed by atoms with Crippen LogP contribution in [0.15, 0.2) is 53.7 Å². The number of carbonyl (C=O) groups excluding carboxylic acids is 1. The zero-order valence-corrected chi connectivity index (χ0v) is 15.4. The number of benzene rings is 1. The van der Waals surface area contributed by atoms with E-state index in [1.165, 1.54) is 12.1 Å². The molecule has 7 nitrogen and oxygen atoms in total. The molecule has 1 amide bonds. The van der Waals surface area contributed by atoms with Gasteiger partial charge in [-0.3, -0.25) is 9.78 Å². The van der Waals surface area contributed by atoms with E-state index in [-0.39, 0.29) is 10.8 Å². The largest absolute Gasteiger partial charge is 0.368 e. The zero-order valence-electron chi connectivity index (χ0n) is 14.6. The van der Waals surface area contributed by atoms with Crippen molar-refractivity contribution in [3.8, 4) is 0 Å². The van der Waals surface area contributed by atoms with Crippen LogP contribution >= 0.6 is 0 Å². The molecule has 0 radical (unpaired) electrons. The van der Waals surface area contributed by atoms with E-state index >= 15 is 0 Å². The minimum Gasteiger partial charge on any atom is -0.368 e. The van der Waals surface area contributed by atoms with Crippen LogP contribution in [0.3, 0.4) is 0 Å². The SMILES string of the molecule is CCNS(=O)(=O)c1ccc(C(=O)N2CCN(c3ccncc3)CC2)cc1. The van der Waals surface area contributed by atoms with Crippen LogP contribution in [-0.4, -0.2) is 56.9 Å². The van der Waals surface area contributed by atoms with E-state index in [1.807, 2.05) is 12.1 Å². The molecule has 2 heterocycles. The molecule has 8 heteroatoms. The van der Waals surface area contributed by atoms with E-state index in [2.05, 4.69) is 14.6 Å².